The summed E-state index contributed by atoms with van der Waals surface area (Å²) >= 11 is 0. The fourth-order valence-electron chi connectivity index (χ4n) is 4.38. The van der Waals surface area contributed by atoms with Gasteiger partial charge in [0.05, 0.1) is 0 Å². The highest BCUT2D eigenvalue weighted by molar-refractivity contribution is 4.93. The molecule has 1 aliphatic carbocycles. The van der Waals surface area contributed by atoms with Crippen molar-refractivity contribution in [2.45, 2.75) is 57.5 Å². The summed E-state index contributed by atoms with van der Waals surface area (Å²) in [4.78, 5) is 5.39. The van der Waals surface area contributed by atoms with Crippen LogP contribution in [-0.4, -0.2) is 61.7 Å². The van der Waals surface area contributed by atoms with Gasteiger partial charge in [0.2, 0.25) is 0 Å². The quantitative estimate of drug-likeness (QED) is 0.804. The zero-order chi connectivity index (χ0) is 13.9. The Balaban J connectivity index is 1.50. The highest BCUT2D eigenvalue weighted by atomic mass is 15.2. The smallest absolute Gasteiger partial charge is 0.0223 e. The molecule has 116 valence electrons. The zero-order valence-electron chi connectivity index (χ0n) is 13.5. The van der Waals surface area contributed by atoms with Crippen molar-refractivity contribution in [3.63, 3.8) is 0 Å². The summed E-state index contributed by atoms with van der Waals surface area (Å²) in [5, 5.41) is 3.81. The number of hydrogen-bond donors (Lipinski definition) is 1. The SMILES string of the molecule is CCCNC(CN1CCC2C(CCCN2C)C1)C1CC1. The van der Waals surface area contributed by atoms with Crippen LogP contribution in [0.3, 0.4) is 0 Å². The highest BCUT2D eigenvalue weighted by Gasteiger charge is 2.37. The number of nitrogens with one attached hydrogen (secondary N) is 1. The molecular formula is C17H33N3. The lowest BCUT2D eigenvalue weighted by Gasteiger charge is -2.46. The first-order valence-electron chi connectivity index (χ1n) is 8.94. The summed E-state index contributed by atoms with van der Waals surface area (Å²) in [6.45, 7) is 8.78. The zero-order valence-corrected chi connectivity index (χ0v) is 13.5. The lowest BCUT2D eigenvalue weighted by molar-refractivity contribution is 0.0339. The van der Waals surface area contributed by atoms with E-state index in [2.05, 4.69) is 29.1 Å². The number of likely N-dealkylation sites (tertiary alicyclic amines) is 2. The monoisotopic (exact) mass is 279 g/mol. The molecule has 0 radical (unpaired) electrons. The van der Waals surface area contributed by atoms with Crippen molar-refractivity contribution in [1.29, 1.82) is 0 Å². The number of rotatable bonds is 6. The maximum Gasteiger partial charge on any atom is 0.0223 e. The second-order valence-electron chi connectivity index (χ2n) is 7.40. The standard InChI is InChI=1S/C17H33N3/c1-3-9-18-16(14-6-7-14)13-20-11-8-17-15(12-20)5-4-10-19(17)2/h14-18H,3-13H2,1-2H3. The van der Waals surface area contributed by atoms with Crippen LogP contribution < -0.4 is 5.32 Å². The van der Waals surface area contributed by atoms with Crippen LogP contribution in [0, 0.1) is 11.8 Å². The first-order valence-corrected chi connectivity index (χ1v) is 8.94. The first-order chi connectivity index (χ1) is 9.78. The molecule has 3 aliphatic rings. The maximum absolute atomic E-state index is 3.81. The van der Waals surface area contributed by atoms with Gasteiger partial charge < -0.3 is 15.1 Å². The number of nitrogens with zero attached hydrogens (tertiary/aromatic N) is 2. The van der Waals surface area contributed by atoms with Crippen molar-refractivity contribution in [2.75, 3.05) is 39.8 Å². The lowest BCUT2D eigenvalue weighted by Crippen LogP contribution is -2.55. The molecule has 0 aromatic heterocycles. The van der Waals surface area contributed by atoms with E-state index in [1.807, 2.05) is 0 Å². The molecule has 1 saturated carbocycles. The highest BCUT2D eigenvalue weighted by Crippen LogP contribution is 2.34. The molecule has 3 heteroatoms. The summed E-state index contributed by atoms with van der Waals surface area (Å²) in [7, 11) is 2.34. The predicted octanol–water partition coefficient (Wildman–Crippen LogP) is 2.18. The van der Waals surface area contributed by atoms with Crippen molar-refractivity contribution in [2.24, 2.45) is 11.8 Å². The van der Waals surface area contributed by atoms with E-state index in [1.165, 1.54) is 71.2 Å². The van der Waals surface area contributed by atoms with E-state index in [0.717, 1.165) is 23.9 Å². The molecule has 20 heavy (non-hydrogen) atoms. The average molecular weight is 279 g/mol. The average Bonchev–Trinajstić information content (AvgIpc) is 3.28. The normalized spacial score (nSPS) is 33.9. The minimum absolute atomic E-state index is 0.771. The molecule has 2 heterocycles. The summed E-state index contributed by atoms with van der Waals surface area (Å²) in [5.74, 6) is 1.92. The molecule has 3 nitrogen and oxygen atoms in total. The van der Waals surface area contributed by atoms with Gasteiger partial charge in [-0.25, -0.2) is 0 Å². The van der Waals surface area contributed by atoms with Crippen molar-refractivity contribution in [1.82, 2.24) is 15.1 Å². The van der Waals surface area contributed by atoms with Crippen LogP contribution in [0.2, 0.25) is 0 Å². The fraction of sp³-hybridized carbons (Fsp3) is 1.00. The van der Waals surface area contributed by atoms with Gasteiger partial charge in [-0.05, 0) is 77.0 Å². The van der Waals surface area contributed by atoms with Gasteiger partial charge in [-0.1, -0.05) is 6.92 Å². The minimum Gasteiger partial charge on any atom is -0.312 e. The van der Waals surface area contributed by atoms with Crippen molar-refractivity contribution in [3.05, 3.63) is 0 Å². The maximum atomic E-state index is 3.81. The topological polar surface area (TPSA) is 18.5 Å². The van der Waals surface area contributed by atoms with Gasteiger partial charge >= 0.3 is 0 Å². The third-order valence-corrected chi connectivity index (χ3v) is 5.73. The van der Waals surface area contributed by atoms with Gasteiger partial charge in [0.1, 0.15) is 0 Å². The van der Waals surface area contributed by atoms with Gasteiger partial charge in [-0.3, -0.25) is 0 Å². The molecule has 3 rings (SSSR count). The lowest BCUT2D eigenvalue weighted by atomic mass is 9.84. The van der Waals surface area contributed by atoms with Gasteiger partial charge in [0.25, 0.3) is 0 Å². The third-order valence-electron chi connectivity index (χ3n) is 5.73. The van der Waals surface area contributed by atoms with E-state index in [-0.39, 0.29) is 0 Å². The summed E-state index contributed by atoms with van der Waals surface area (Å²) in [6.07, 6.45) is 8.45. The molecule has 1 N–H and O–H groups in total. The van der Waals surface area contributed by atoms with Gasteiger partial charge in [-0.2, -0.15) is 0 Å². The van der Waals surface area contributed by atoms with Crippen LogP contribution in [0.25, 0.3) is 0 Å². The van der Waals surface area contributed by atoms with E-state index in [4.69, 9.17) is 0 Å². The molecule has 2 saturated heterocycles. The van der Waals surface area contributed by atoms with E-state index in [1.54, 1.807) is 0 Å². The van der Waals surface area contributed by atoms with E-state index < -0.39 is 0 Å². The number of hydrogen-bond acceptors (Lipinski definition) is 3. The van der Waals surface area contributed by atoms with Gasteiger partial charge in [0.15, 0.2) is 0 Å². The summed E-state index contributed by atoms with van der Waals surface area (Å²) in [5.41, 5.74) is 0. The Kier molecular flexibility index (Phi) is 5.00. The molecule has 2 aliphatic heterocycles. The van der Waals surface area contributed by atoms with Crippen molar-refractivity contribution < 1.29 is 0 Å². The van der Waals surface area contributed by atoms with Gasteiger partial charge in [-0.15, -0.1) is 0 Å². The minimum atomic E-state index is 0.771. The second kappa shape index (κ2) is 6.76. The Morgan fingerprint density at radius 3 is 2.75 bits per heavy atom. The molecule has 0 spiro atoms. The van der Waals surface area contributed by atoms with Crippen LogP contribution in [0.4, 0.5) is 0 Å². The fourth-order valence-corrected chi connectivity index (χ4v) is 4.38. The molecule has 3 fully saturated rings. The molecule has 0 bridgehead atoms. The Hall–Kier alpha value is -0.120. The molecule has 3 unspecified atom stereocenters. The largest absolute Gasteiger partial charge is 0.312 e. The first kappa shape index (κ1) is 14.8. The predicted molar refractivity (Wildman–Crippen MR) is 85.0 cm³/mol. The van der Waals surface area contributed by atoms with Gasteiger partial charge in [0, 0.05) is 25.2 Å². The molecule has 0 amide bonds. The molecule has 3 atom stereocenters. The second-order valence-corrected chi connectivity index (χ2v) is 7.40. The Morgan fingerprint density at radius 1 is 1.15 bits per heavy atom. The van der Waals surface area contributed by atoms with Crippen LogP contribution in [0.15, 0.2) is 0 Å². The Bertz CT molecular complexity index is 303. The van der Waals surface area contributed by atoms with Crippen LogP contribution in [0.1, 0.15) is 45.4 Å². The number of piperidine rings is 2. The third kappa shape index (κ3) is 3.55. The number of fused-ring (bicyclic) bond motifs is 1. The van der Waals surface area contributed by atoms with Crippen molar-refractivity contribution in [3.8, 4) is 0 Å². The van der Waals surface area contributed by atoms with E-state index in [0.29, 0.717) is 0 Å². The molecule has 0 aromatic carbocycles. The van der Waals surface area contributed by atoms with E-state index >= 15 is 0 Å². The van der Waals surface area contributed by atoms with Crippen LogP contribution >= 0.6 is 0 Å². The Morgan fingerprint density at radius 2 is 2.00 bits per heavy atom. The summed E-state index contributed by atoms with van der Waals surface area (Å²) in [6, 6.07) is 1.65. The molecule has 0 aromatic rings. The van der Waals surface area contributed by atoms with Crippen molar-refractivity contribution >= 4 is 0 Å². The molecular weight excluding hydrogens is 246 g/mol. The van der Waals surface area contributed by atoms with Crippen LogP contribution in [0.5, 0.6) is 0 Å². The van der Waals surface area contributed by atoms with Crippen LogP contribution in [-0.2, 0) is 0 Å². The summed E-state index contributed by atoms with van der Waals surface area (Å²) < 4.78 is 0. The van der Waals surface area contributed by atoms with E-state index in [9.17, 15) is 0 Å². The Labute approximate surface area is 125 Å².